The van der Waals surface area contributed by atoms with Crippen LogP contribution in [-0.2, 0) is 39.4 Å². The van der Waals surface area contributed by atoms with Crippen molar-refractivity contribution >= 4 is 42.4 Å². The SMILES string of the molecule is COc1ccc2c(c1)[C@@]1(O[C@H](CCn3cc(C(CO)c4ccccc4)nn3)[C@@H]([Si](C)(C)O)[C@@H]1C)C(=O)N2Cc1cccc(NC(=O)Cc2c[nH]c3ccccc23)c1. The molecule has 13 heteroatoms. The van der Waals surface area contributed by atoms with Crippen molar-refractivity contribution in [3.05, 3.63) is 137 Å². The second-order valence-electron chi connectivity index (χ2n) is 15.8. The van der Waals surface area contributed by atoms with Gasteiger partial charge >= 0.3 is 0 Å². The summed E-state index contributed by atoms with van der Waals surface area (Å²) in [5.74, 6) is -0.410. The van der Waals surface area contributed by atoms with Gasteiger partial charge in [-0.05, 0) is 72.6 Å². The first-order chi connectivity index (χ1) is 27.5. The highest BCUT2D eigenvalue weighted by Gasteiger charge is 2.66. The van der Waals surface area contributed by atoms with Crippen molar-refractivity contribution in [3.8, 4) is 5.75 Å². The number of aliphatic hydroxyl groups is 1. The van der Waals surface area contributed by atoms with E-state index < -0.39 is 20.0 Å². The van der Waals surface area contributed by atoms with Crippen LogP contribution in [-0.4, -0.2) is 69.8 Å². The quantitative estimate of drug-likeness (QED) is 0.0968. The Kier molecular flexibility index (Phi) is 10.3. The van der Waals surface area contributed by atoms with Crippen LogP contribution in [0.2, 0.25) is 18.6 Å². The molecule has 1 unspecified atom stereocenters. The number of benzene rings is 4. The Labute approximate surface area is 332 Å². The summed E-state index contributed by atoms with van der Waals surface area (Å²) < 4.78 is 14.5. The number of fused-ring (bicyclic) bond motifs is 3. The summed E-state index contributed by atoms with van der Waals surface area (Å²) in [6.07, 6.45) is 3.96. The molecule has 4 N–H and O–H groups in total. The van der Waals surface area contributed by atoms with Gasteiger partial charge in [-0.3, -0.25) is 14.3 Å². The molecule has 6 aromatic rings. The fourth-order valence-corrected chi connectivity index (χ4v) is 11.7. The molecule has 1 fully saturated rings. The van der Waals surface area contributed by atoms with E-state index in [1.54, 1.807) is 16.7 Å². The third-order valence-electron chi connectivity index (χ3n) is 11.7. The molecule has 57 heavy (non-hydrogen) atoms. The first-order valence-corrected chi connectivity index (χ1v) is 22.4. The minimum absolute atomic E-state index is 0.104. The number of aliphatic hydroxyl groups excluding tert-OH is 1. The van der Waals surface area contributed by atoms with Crippen molar-refractivity contribution < 1.29 is 29.0 Å². The number of anilines is 2. The van der Waals surface area contributed by atoms with Crippen LogP contribution < -0.4 is 15.0 Å². The van der Waals surface area contributed by atoms with E-state index in [2.05, 4.69) is 20.6 Å². The summed E-state index contributed by atoms with van der Waals surface area (Å²) in [5.41, 5.74) is 4.77. The highest BCUT2D eigenvalue weighted by Crippen LogP contribution is 2.60. The van der Waals surface area contributed by atoms with Crippen molar-refractivity contribution in [2.24, 2.45) is 5.92 Å². The number of rotatable bonds is 13. The number of amides is 2. The van der Waals surface area contributed by atoms with E-state index in [4.69, 9.17) is 9.47 Å². The van der Waals surface area contributed by atoms with Crippen LogP contribution in [0.25, 0.3) is 10.9 Å². The third kappa shape index (κ3) is 7.16. The van der Waals surface area contributed by atoms with Gasteiger partial charge in [0.2, 0.25) is 5.91 Å². The van der Waals surface area contributed by atoms with E-state index in [1.807, 2.05) is 129 Å². The van der Waals surface area contributed by atoms with Gasteiger partial charge < -0.3 is 34.6 Å². The first kappa shape index (κ1) is 38.3. The smallest absolute Gasteiger partial charge is 0.264 e. The first-order valence-electron chi connectivity index (χ1n) is 19.4. The summed E-state index contributed by atoms with van der Waals surface area (Å²) in [6, 6.07) is 30.8. The molecule has 1 saturated heterocycles. The number of aromatic amines is 1. The van der Waals surface area contributed by atoms with Gasteiger partial charge in [-0.1, -0.05) is 72.8 Å². The van der Waals surface area contributed by atoms with Crippen LogP contribution in [0.1, 0.15) is 47.2 Å². The maximum absolute atomic E-state index is 15.1. The maximum Gasteiger partial charge on any atom is 0.264 e. The number of carbonyl (C=O) groups is 2. The van der Waals surface area contributed by atoms with Crippen molar-refractivity contribution in [1.82, 2.24) is 20.0 Å². The number of ether oxygens (including phenoxy) is 2. The van der Waals surface area contributed by atoms with E-state index in [0.717, 1.165) is 33.3 Å². The number of hydrogen-bond donors (Lipinski definition) is 4. The van der Waals surface area contributed by atoms with E-state index in [9.17, 15) is 14.7 Å². The number of hydrogen-bond acceptors (Lipinski definition) is 8. The predicted octanol–water partition coefficient (Wildman–Crippen LogP) is 6.51. The summed E-state index contributed by atoms with van der Waals surface area (Å²) >= 11 is 0. The van der Waals surface area contributed by atoms with Gasteiger partial charge in [-0.2, -0.15) is 0 Å². The van der Waals surface area contributed by atoms with Crippen molar-refractivity contribution in [2.75, 3.05) is 23.9 Å². The number of H-pyrrole nitrogens is 1. The minimum atomic E-state index is -2.92. The average molecular weight is 785 g/mol. The molecule has 4 aromatic carbocycles. The van der Waals surface area contributed by atoms with Crippen molar-refractivity contribution in [2.45, 2.75) is 69.1 Å². The molecule has 0 radical (unpaired) electrons. The zero-order chi connectivity index (χ0) is 39.9. The summed E-state index contributed by atoms with van der Waals surface area (Å²) in [5, 5.41) is 23.0. The molecule has 12 nitrogen and oxygen atoms in total. The molecular formula is C44H48N6O6Si. The molecule has 4 heterocycles. The monoisotopic (exact) mass is 784 g/mol. The van der Waals surface area contributed by atoms with Gasteiger partial charge in [0, 0.05) is 52.6 Å². The molecular weight excluding hydrogens is 737 g/mol. The summed E-state index contributed by atoms with van der Waals surface area (Å²) in [7, 11) is -1.33. The highest BCUT2D eigenvalue weighted by atomic mass is 28.4. The zero-order valence-electron chi connectivity index (χ0n) is 32.6. The zero-order valence-corrected chi connectivity index (χ0v) is 33.6. The molecule has 2 aromatic heterocycles. The van der Waals surface area contributed by atoms with Crippen LogP contribution in [0.15, 0.2) is 109 Å². The highest BCUT2D eigenvalue weighted by molar-refractivity contribution is 6.71. The van der Waals surface area contributed by atoms with Gasteiger partial charge in [0.25, 0.3) is 5.91 Å². The van der Waals surface area contributed by atoms with Gasteiger partial charge in [-0.15, -0.1) is 5.10 Å². The molecule has 0 saturated carbocycles. The van der Waals surface area contributed by atoms with Gasteiger partial charge in [0.05, 0.1) is 50.1 Å². The minimum Gasteiger partial charge on any atom is -0.497 e. The number of para-hydroxylation sites is 1. The Balaban J connectivity index is 1.04. The molecule has 5 atom stereocenters. The molecule has 0 bridgehead atoms. The molecule has 2 aliphatic heterocycles. The normalized spacial score (nSPS) is 21.0. The molecule has 0 aliphatic carbocycles. The third-order valence-corrected chi connectivity index (χ3v) is 14.2. The van der Waals surface area contributed by atoms with Crippen LogP contribution >= 0.6 is 0 Å². The molecule has 1 spiro atoms. The van der Waals surface area contributed by atoms with Crippen molar-refractivity contribution in [3.63, 3.8) is 0 Å². The van der Waals surface area contributed by atoms with Crippen LogP contribution in [0, 0.1) is 5.92 Å². The number of aryl methyl sites for hydroxylation is 1. The Hall–Kier alpha value is -5.60. The second kappa shape index (κ2) is 15.4. The van der Waals surface area contributed by atoms with Gasteiger partial charge in [0.15, 0.2) is 13.9 Å². The van der Waals surface area contributed by atoms with E-state index in [1.165, 1.54) is 0 Å². The van der Waals surface area contributed by atoms with Crippen LogP contribution in [0.5, 0.6) is 5.75 Å². The predicted molar refractivity (Wildman–Crippen MR) is 220 cm³/mol. The Morgan fingerprint density at radius 1 is 1.05 bits per heavy atom. The number of nitrogens with one attached hydrogen (secondary N) is 2. The number of carbonyl (C=O) groups excluding carboxylic acids is 2. The summed E-state index contributed by atoms with van der Waals surface area (Å²) in [6.45, 7) is 6.41. The lowest BCUT2D eigenvalue weighted by molar-refractivity contribution is -0.146. The van der Waals surface area contributed by atoms with E-state index in [0.29, 0.717) is 35.7 Å². The average Bonchev–Trinajstić information content (AvgIpc) is 3.96. The van der Waals surface area contributed by atoms with Crippen LogP contribution in [0.4, 0.5) is 11.4 Å². The molecule has 2 aliphatic rings. The largest absolute Gasteiger partial charge is 0.497 e. The Bertz CT molecular complexity index is 2410. The number of aromatic nitrogens is 4. The topological polar surface area (TPSA) is 155 Å². The lowest BCUT2D eigenvalue weighted by atomic mass is 9.82. The summed E-state index contributed by atoms with van der Waals surface area (Å²) in [4.78, 5) is 45.1. The Morgan fingerprint density at radius 2 is 1.84 bits per heavy atom. The van der Waals surface area contributed by atoms with E-state index in [-0.39, 0.29) is 48.8 Å². The van der Waals surface area contributed by atoms with Crippen LogP contribution in [0.3, 0.4) is 0 Å². The maximum atomic E-state index is 15.1. The molecule has 8 rings (SSSR count). The lowest BCUT2D eigenvalue weighted by Crippen LogP contribution is -2.46. The lowest BCUT2D eigenvalue weighted by Gasteiger charge is -2.32. The number of methoxy groups -OCH3 is 1. The Morgan fingerprint density at radius 3 is 2.61 bits per heavy atom. The molecule has 294 valence electrons. The standard InChI is InChI=1S/C44H48N6O6Si/c1-28-42(57(3,4)54)40(19-20-49-26-38(47-48-49)35(27-51)30-12-6-5-7-13-30)56-44(28)36-23-33(55-2)17-18-39(36)50(43(44)53)25-29-11-10-14-32(21-29)46-41(52)22-31-24-45-37-16-9-8-15-34(31)37/h5-18,21,23-24,26,28,35,40,42,45,51,54H,19-20,22,25,27H2,1-4H3,(H,46,52)/t28-,35?,40+,42-,44+/m0/s1. The van der Waals surface area contributed by atoms with E-state index >= 15 is 4.79 Å². The van der Waals surface area contributed by atoms with Gasteiger partial charge in [-0.25, -0.2) is 0 Å². The fourth-order valence-electron chi connectivity index (χ4n) is 9.09. The molecule has 2 amide bonds. The van der Waals surface area contributed by atoms with Crippen molar-refractivity contribution in [1.29, 1.82) is 0 Å². The van der Waals surface area contributed by atoms with Gasteiger partial charge in [0.1, 0.15) is 5.75 Å². The second-order valence-corrected chi connectivity index (χ2v) is 19.7. The fraction of sp³-hybridized carbons (Fsp3) is 0.318. The number of nitrogens with zero attached hydrogens (tertiary/aromatic N) is 4.